The standard InChI is InChI=1S/C30H46N6O5S2/c1-19(2)41-29(38)34-22-13-14-24(26(16-22)43(39,40)35-30(3,4)5)25-18-31-27(42-25)20-9-11-21(12-10-20)33-28(37)32-17-23-8-7-15-36(23)6/h13-14,16,18-21,23,35H,7-12,15,17H2,1-6H3,(H,34,38)(H2,32,33,37)/t20?,21?,23-/m0/s1. The minimum absolute atomic E-state index is 0.0580. The molecule has 1 aliphatic heterocycles. The fourth-order valence-corrected chi connectivity index (χ4v) is 8.47. The zero-order valence-corrected chi connectivity index (χ0v) is 27.7. The van der Waals surface area contributed by atoms with E-state index < -0.39 is 21.7 Å². The van der Waals surface area contributed by atoms with Crippen LogP contribution in [0.15, 0.2) is 29.3 Å². The lowest BCUT2D eigenvalue weighted by molar-refractivity contribution is 0.130. The Morgan fingerprint density at radius 3 is 2.49 bits per heavy atom. The van der Waals surface area contributed by atoms with Crippen LogP contribution in [0.3, 0.4) is 0 Å². The van der Waals surface area contributed by atoms with Crippen LogP contribution >= 0.6 is 11.3 Å². The average molecular weight is 635 g/mol. The van der Waals surface area contributed by atoms with Gasteiger partial charge in [-0.25, -0.2) is 27.7 Å². The summed E-state index contributed by atoms with van der Waals surface area (Å²) in [4.78, 5) is 32.5. The summed E-state index contributed by atoms with van der Waals surface area (Å²) in [7, 11) is -1.84. The summed E-state index contributed by atoms with van der Waals surface area (Å²) >= 11 is 1.49. The summed E-state index contributed by atoms with van der Waals surface area (Å²) in [5, 5.41) is 9.75. The molecule has 1 saturated heterocycles. The first-order valence-electron chi connectivity index (χ1n) is 15.1. The lowest BCUT2D eigenvalue weighted by Crippen LogP contribution is -2.47. The second-order valence-corrected chi connectivity index (χ2v) is 15.6. The molecule has 11 nitrogen and oxygen atoms in total. The number of benzene rings is 1. The number of rotatable bonds is 9. The van der Waals surface area contributed by atoms with Gasteiger partial charge in [0.05, 0.1) is 20.9 Å². The van der Waals surface area contributed by atoms with Crippen molar-refractivity contribution in [1.82, 2.24) is 25.2 Å². The van der Waals surface area contributed by atoms with Crippen LogP contribution in [0.5, 0.6) is 0 Å². The van der Waals surface area contributed by atoms with Gasteiger partial charge in [-0.1, -0.05) is 6.07 Å². The molecule has 13 heteroatoms. The van der Waals surface area contributed by atoms with Crippen molar-refractivity contribution in [2.75, 3.05) is 25.5 Å². The Labute approximate surface area is 259 Å². The number of aromatic nitrogens is 1. The number of carbonyl (C=O) groups is 2. The number of hydrogen-bond donors (Lipinski definition) is 4. The Hall–Kier alpha value is -2.74. The first-order chi connectivity index (χ1) is 20.2. The van der Waals surface area contributed by atoms with Crippen molar-refractivity contribution in [3.8, 4) is 10.4 Å². The van der Waals surface area contributed by atoms with Gasteiger partial charge in [0.25, 0.3) is 0 Å². The highest BCUT2D eigenvalue weighted by Gasteiger charge is 2.29. The van der Waals surface area contributed by atoms with E-state index in [1.54, 1.807) is 52.9 Å². The van der Waals surface area contributed by atoms with Crippen molar-refractivity contribution in [1.29, 1.82) is 0 Å². The van der Waals surface area contributed by atoms with Crippen molar-refractivity contribution >= 4 is 39.2 Å². The molecule has 3 amide bonds. The molecule has 1 aromatic carbocycles. The number of sulfonamides is 1. The maximum Gasteiger partial charge on any atom is 0.411 e. The van der Waals surface area contributed by atoms with Crippen molar-refractivity contribution in [2.24, 2.45) is 0 Å². The third kappa shape index (κ3) is 9.37. The molecule has 2 aliphatic rings. The van der Waals surface area contributed by atoms with E-state index in [1.807, 2.05) is 0 Å². The van der Waals surface area contributed by atoms with E-state index >= 15 is 0 Å². The first kappa shape index (κ1) is 33.2. The number of carbonyl (C=O) groups excluding carboxylic acids is 2. The number of hydrogen-bond acceptors (Lipinski definition) is 8. The molecule has 0 radical (unpaired) electrons. The number of ether oxygens (including phenoxy) is 1. The molecular formula is C30H46N6O5S2. The minimum Gasteiger partial charge on any atom is -0.447 e. The number of anilines is 1. The molecule has 4 rings (SSSR count). The van der Waals surface area contributed by atoms with Gasteiger partial charge < -0.3 is 20.3 Å². The Bertz CT molecular complexity index is 1380. The van der Waals surface area contributed by atoms with Gasteiger partial charge in [0.1, 0.15) is 0 Å². The molecule has 1 saturated carbocycles. The molecule has 4 N–H and O–H groups in total. The lowest BCUT2D eigenvalue weighted by atomic mass is 9.86. The maximum atomic E-state index is 13.5. The van der Waals surface area contributed by atoms with E-state index in [2.05, 4.69) is 32.6 Å². The molecular weight excluding hydrogens is 589 g/mol. The van der Waals surface area contributed by atoms with Gasteiger partial charge in [0, 0.05) is 47.5 Å². The Morgan fingerprint density at radius 2 is 1.86 bits per heavy atom. The maximum absolute atomic E-state index is 13.5. The number of nitrogens with zero attached hydrogens (tertiary/aromatic N) is 2. The number of likely N-dealkylation sites (tertiary alicyclic amines) is 1. The minimum atomic E-state index is -3.94. The van der Waals surface area contributed by atoms with Crippen LogP contribution in [0, 0.1) is 0 Å². The SMILES string of the molecule is CC(C)OC(=O)Nc1ccc(-c2cnc(C3CCC(NC(=O)NC[C@@H]4CCCN4C)CC3)s2)c(S(=O)(=O)NC(C)(C)C)c1. The predicted molar refractivity (Wildman–Crippen MR) is 170 cm³/mol. The average Bonchev–Trinajstić information content (AvgIpc) is 3.55. The zero-order valence-electron chi connectivity index (χ0n) is 26.0. The highest BCUT2D eigenvalue weighted by molar-refractivity contribution is 7.89. The highest BCUT2D eigenvalue weighted by Crippen LogP contribution is 2.40. The van der Waals surface area contributed by atoms with E-state index in [1.165, 1.54) is 23.8 Å². The molecule has 2 fully saturated rings. The number of likely N-dealkylation sites (N-methyl/N-ethyl adjacent to an activating group) is 1. The van der Waals surface area contributed by atoms with Crippen LogP contribution in [0.1, 0.15) is 84.1 Å². The Kier molecular flexibility index (Phi) is 10.7. The number of amides is 3. The summed E-state index contributed by atoms with van der Waals surface area (Å²) in [6.07, 6.45) is 6.55. The quantitative estimate of drug-likeness (QED) is 0.295. The van der Waals surface area contributed by atoms with E-state index in [0.717, 1.165) is 48.5 Å². The second-order valence-electron chi connectivity index (χ2n) is 12.9. The molecule has 43 heavy (non-hydrogen) atoms. The number of urea groups is 1. The van der Waals surface area contributed by atoms with Crippen molar-refractivity contribution in [2.45, 2.75) is 108 Å². The van der Waals surface area contributed by atoms with Crippen molar-refractivity contribution in [3.63, 3.8) is 0 Å². The molecule has 0 bridgehead atoms. The molecule has 0 spiro atoms. The molecule has 0 unspecified atom stereocenters. The van der Waals surface area contributed by atoms with Gasteiger partial charge in [-0.3, -0.25) is 5.32 Å². The van der Waals surface area contributed by atoms with E-state index in [0.29, 0.717) is 23.8 Å². The topological polar surface area (TPSA) is 142 Å². The van der Waals surface area contributed by atoms with Crippen molar-refractivity contribution < 1.29 is 22.7 Å². The van der Waals surface area contributed by atoms with E-state index in [9.17, 15) is 18.0 Å². The predicted octanol–water partition coefficient (Wildman–Crippen LogP) is 5.26. The van der Waals surface area contributed by atoms with E-state index in [-0.39, 0.29) is 29.0 Å². The largest absolute Gasteiger partial charge is 0.447 e. The number of nitrogens with one attached hydrogen (secondary N) is 4. The van der Waals surface area contributed by atoms with Crippen LogP contribution in [0.25, 0.3) is 10.4 Å². The summed E-state index contributed by atoms with van der Waals surface area (Å²) < 4.78 is 34.9. The zero-order chi connectivity index (χ0) is 31.4. The van der Waals surface area contributed by atoms with Crippen LogP contribution in [-0.4, -0.2) is 74.3 Å². The molecule has 1 aliphatic carbocycles. The summed E-state index contributed by atoms with van der Waals surface area (Å²) in [6, 6.07) is 5.25. The van der Waals surface area contributed by atoms with Gasteiger partial charge >= 0.3 is 12.1 Å². The fourth-order valence-electron chi connectivity index (χ4n) is 5.62. The number of thiazole rings is 1. The molecule has 1 atom stereocenters. The third-order valence-corrected chi connectivity index (χ3v) is 10.7. The first-order valence-corrected chi connectivity index (χ1v) is 17.4. The second kappa shape index (κ2) is 13.9. The summed E-state index contributed by atoms with van der Waals surface area (Å²) in [6.45, 7) is 10.6. The van der Waals surface area contributed by atoms with Crippen LogP contribution in [0.4, 0.5) is 15.3 Å². The fraction of sp³-hybridized carbons (Fsp3) is 0.633. The summed E-state index contributed by atoms with van der Waals surface area (Å²) in [5.41, 5.74) is 0.132. The van der Waals surface area contributed by atoms with Crippen LogP contribution < -0.4 is 20.7 Å². The lowest BCUT2D eigenvalue weighted by Gasteiger charge is -2.28. The molecule has 1 aromatic heterocycles. The Morgan fingerprint density at radius 1 is 1.14 bits per heavy atom. The third-order valence-electron chi connectivity index (χ3n) is 7.67. The van der Waals surface area contributed by atoms with Gasteiger partial charge in [-0.15, -0.1) is 11.3 Å². The molecule has 238 valence electrons. The van der Waals surface area contributed by atoms with Gasteiger partial charge in [-0.05, 0) is 98.9 Å². The normalized spacial score (nSPS) is 21.5. The van der Waals surface area contributed by atoms with Crippen LogP contribution in [0.2, 0.25) is 0 Å². The van der Waals surface area contributed by atoms with Gasteiger partial charge in [-0.2, -0.15) is 0 Å². The highest BCUT2D eigenvalue weighted by atomic mass is 32.2. The van der Waals surface area contributed by atoms with Gasteiger partial charge in [0.2, 0.25) is 10.0 Å². The van der Waals surface area contributed by atoms with E-state index in [4.69, 9.17) is 9.72 Å². The molecule has 2 heterocycles. The van der Waals surface area contributed by atoms with Crippen molar-refractivity contribution in [3.05, 3.63) is 29.4 Å². The Balaban J connectivity index is 1.43. The monoisotopic (exact) mass is 634 g/mol. The molecule has 2 aromatic rings. The van der Waals surface area contributed by atoms with Crippen LogP contribution in [-0.2, 0) is 14.8 Å². The van der Waals surface area contributed by atoms with Gasteiger partial charge in [0.15, 0.2) is 0 Å². The smallest absolute Gasteiger partial charge is 0.411 e. The summed E-state index contributed by atoms with van der Waals surface area (Å²) in [5.74, 6) is 0.242.